The molecule has 1 aliphatic heterocycles. The fourth-order valence-electron chi connectivity index (χ4n) is 3.39. The molecule has 0 spiro atoms. The molecule has 1 fully saturated rings. The first-order valence-electron chi connectivity index (χ1n) is 9.78. The summed E-state index contributed by atoms with van der Waals surface area (Å²) in [5.74, 6) is 0.881. The van der Waals surface area contributed by atoms with E-state index in [1.54, 1.807) is 24.2 Å². The summed E-state index contributed by atoms with van der Waals surface area (Å²) in [6.07, 6.45) is 1.59. The molecule has 2 aromatic carbocycles. The predicted molar refractivity (Wildman–Crippen MR) is 121 cm³/mol. The molecule has 0 radical (unpaired) electrons. The Morgan fingerprint density at radius 1 is 1.20 bits per heavy atom. The van der Waals surface area contributed by atoms with Gasteiger partial charge in [0.2, 0.25) is 0 Å². The molecule has 6 nitrogen and oxygen atoms in total. The minimum absolute atomic E-state index is 0.0984. The number of nitrogens with zero attached hydrogens (tertiary/aromatic N) is 3. The first-order chi connectivity index (χ1) is 14.6. The van der Waals surface area contributed by atoms with Crippen LogP contribution in [0.1, 0.15) is 12.5 Å². The highest BCUT2D eigenvalue weighted by Crippen LogP contribution is 2.37. The number of para-hydroxylation sites is 1. The van der Waals surface area contributed by atoms with E-state index in [9.17, 15) is 10.1 Å². The highest BCUT2D eigenvalue weighted by Gasteiger charge is 2.24. The number of carbonyl (C=O) groups excluding carboxylic acids is 1. The second-order valence-corrected chi connectivity index (χ2v) is 7.61. The molecule has 0 aliphatic carbocycles. The minimum atomic E-state index is -0.255. The molecule has 156 valence electrons. The molecule has 0 aromatic heterocycles. The predicted octanol–water partition coefficient (Wildman–Crippen LogP) is 4.11. The lowest BCUT2D eigenvalue weighted by Crippen LogP contribution is -2.49. The number of anilines is 1. The summed E-state index contributed by atoms with van der Waals surface area (Å²) in [6.45, 7) is 5.00. The van der Waals surface area contributed by atoms with Crippen LogP contribution in [0.15, 0.2) is 52.5 Å². The molecular formula is C23H24BrN3O3. The summed E-state index contributed by atoms with van der Waals surface area (Å²) in [7, 11) is 1.56. The third-order valence-corrected chi connectivity index (χ3v) is 5.48. The van der Waals surface area contributed by atoms with E-state index in [0.29, 0.717) is 41.2 Å². The van der Waals surface area contributed by atoms with Gasteiger partial charge in [-0.05, 0) is 58.8 Å². The maximum absolute atomic E-state index is 12.9. The molecule has 0 atom stereocenters. The largest absolute Gasteiger partial charge is 0.493 e. The Labute approximate surface area is 185 Å². The van der Waals surface area contributed by atoms with Crippen LogP contribution in [0, 0.1) is 11.3 Å². The van der Waals surface area contributed by atoms with Crippen molar-refractivity contribution < 1.29 is 14.3 Å². The maximum atomic E-state index is 12.9. The van der Waals surface area contributed by atoms with Crippen LogP contribution < -0.4 is 14.4 Å². The van der Waals surface area contributed by atoms with Gasteiger partial charge in [-0.2, -0.15) is 5.26 Å². The average Bonchev–Trinajstić information content (AvgIpc) is 2.79. The van der Waals surface area contributed by atoms with Crippen molar-refractivity contribution in [2.75, 3.05) is 44.8 Å². The highest BCUT2D eigenvalue weighted by atomic mass is 79.9. The fourth-order valence-corrected chi connectivity index (χ4v) is 3.97. The Balaban J connectivity index is 1.75. The third-order valence-electron chi connectivity index (χ3n) is 4.89. The number of rotatable bonds is 6. The van der Waals surface area contributed by atoms with Gasteiger partial charge < -0.3 is 19.3 Å². The lowest BCUT2D eigenvalue weighted by molar-refractivity contribution is -0.126. The Hall–Kier alpha value is -2.98. The van der Waals surface area contributed by atoms with Gasteiger partial charge in [-0.15, -0.1) is 0 Å². The Kier molecular flexibility index (Phi) is 7.36. The zero-order valence-electron chi connectivity index (χ0n) is 17.1. The second-order valence-electron chi connectivity index (χ2n) is 6.75. The van der Waals surface area contributed by atoms with Crippen LogP contribution in [0.3, 0.4) is 0 Å². The summed E-state index contributed by atoms with van der Waals surface area (Å²) in [6, 6.07) is 15.8. The van der Waals surface area contributed by atoms with Gasteiger partial charge >= 0.3 is 0 Å². The molecular weight excluding hydrogens is 446 g/mol. The molecule has 0 bridgehead atoms. The molecule has 1 heterocycles. The molecule has 1 amide bonds. The normalized spacial score (nSPS) is 14.3. The quantitative estimate of drug-likeness (QED) is 0.470. The Morgan fingerprint density at radius 3 is 2.50 bits per heavy atom. The molecule has 30 heavy (non-hydrogen) atoms. The van der Waals surface area contributed by atoms with E-state index in [-0.39, 0.29) is 11.5 Å². The van der Waals surface area contributed by atoms with Crippen LogP contribution >= 0.6 is 15.9 Å². The molecule has 3 rings (SSSR count). The van der Waals surface area contributed by atoms with Crippen molar-refractivity contribution in [2.24, 2.45) is 0 Å². The van der Waals surface area contributed by atoms with Crippen molar-refractivity contribution in [1.82, 2.24) is 4.90 Å². The van der Waals surface area contributed by atoms with Gasteiger partial charge in [0.25, 0.3) is 5.91 Å². The number of carbonyl (C=O) groups is 1. The molecule has 0 unspecified atom stereocenters. The van der Waals surface area contributed by atoms with Crippen molar-refractivity contribution in [3.05, 3.63) is 58.1 Å². The molecule has 0 saturated carbocycles. The van der Waals surface area contributed by atoms with Crippen LogP contribution in [0.25, 0.3) is 6.08 Å². The van der Waals surface area contributed by atoms with Gasteiger partial charge in [-0.3, -0.25) is 4.79 Å². The molecule has 1 aliphatic rings. The van der Waals surface area contributed by atoms with Crippen LogP contribution in [0.2, 0.25) is 0 Å². The number of piperazine rings is 1. The first-order valence-corrected chi connectivity index (χ1v) is 10.6. The molecule has 7 heteroatoms. The van der Waals surface area contributed by atoms with Gasteiger partial charge in [0, 0.05) is 31.9 Å². The standard InChI is InChI=1S/C23H24BrN3O3/c1-3-30-22-20(24)14-17(15-21(22)29-2)13-18(16-25)23(28)27-11-9-26(10-12-27)19-7-5-4-6-8-19/h4-8,13-15H,3,9-12H2,1-2H3/b18-13-. The summed E-state index contributed by atoms with van der Waals surface area (Å²) in [5, 5.41) is 9.61. The van der Waals surface area contributed by atoms with Crippen molar-refractivity contribution in [3.63, 3.8) is 0 Å². The van der Waals surface area contributed by atoms with Gasteiger partial charge in [0.1, 0.15) is 11.6 Å². The van der Waals surface area contributed by atoms with E-state index < -0.39 is 0 Å². The fraction of sp³-hybridized carbons (Fsp3) is 0.304. The van der Waals surface area contributed by atoms with Crippen molar-refractivity contribution in [3.8, 4) is 17.6 Å². The summed E-state index contributed by atoms with van der Waals surface area (Å²) >= 11 is 3.48. The molecule has 0 N–H and O–H groups in total. The van der Waals surface area contributed by atoms with E-state index in [1.807, 2.05) is 31.2 Å². The number of amides is 1. The number of halogens is 1. The van der Waals surface area contributed by atoms with Gasteiger partial charge in [0.15, 0.2) is 11.5 Å². The van der Waals surface area contributed by atoms with Crippen LogP contribution in [-0.4, -0.2) is 50.7 Å². The number of benzene rings is 2. The average molecular weight is 470 g/mol. The van der Waals surface area contributed by atoms with E-state index in [0.717, 1.165) is 18.8 Å². The minimum Gasteiger partial charge on any atom is -0.493 e. The van der Waals surface area contributed by atoms with Crippen LogP contribution in [-0.2, 0) is 4.79 Å². The monoisotopic (exact) mass is 469 g/mol. The zero-order chi connectivity index (χ0) is 21.5. The zero-order valence-corrected chi connectivity index (χ0v) is 18.7. The summed E-state index contributed by atoms with van der Waals surface area (Å²) in [5.41, 5.74) is 1.93. The van der Waals surface area contributed by atoms with E-state index in [1.165, 1.54) is 0 Å². The third kappa shape index (κ3) is 4.95. The van der Waals surface area contributed by atoms with Gasteiger partial charge in [-0.1, -0.05) is 18.2 Å². The smallest absolute Gasteiger partial charge is 0.264 e. The van der Waals surface area contributed by atoms with Crippen LogP contribution in [0.4, 0.5) is 5.69 Å². The maximum Gasteiger partial charge on any atom is 0.264 e. The van der Waals surface area contributed by atoms with E-state index in [4.69, 9.17) is 9.47 Å². The number of methoxy groups -OCH3 is 1. The van der Waals surface area contributed by atoms with Crippen molar-refractivity contribution in [1.29, 1.82) is 5.26 Å². The first kappa shape index (κ1) is 21.7. The molecule has 1 saturated heterocycles. The number of ether oxygens (including phenoxy) is 2. The Morgan fingerprint density at radius 2 is 1.90 bits per heavy atom. The number of hydrogen-bond acceptors (Lipinski definition) is 5. The molecule has 2 aromatic rings. The lowest BCUT2D eigenvalue weighted by atomic mass is 10.1. The second kappa shape index (κ2) is 10.2. The van der Waals surface area contributed by atoms with Crippen molar-refractivity contribution >= 4 is 33.6 Å². The topological polar surface area (TPSA) is 65.8 Å². The SMILES string of the molecule is CCOc1c(Br)cc(/C=C(/C#N)C(=O)N2CCN(c3ccccc3)CC2)cc1OC. The van der Waals surface area contributed by atoms with Crippen LogP contribution in [0.5, 0.6) is 11.5 Å². The number of nitriles is 1. The van der Waals surface area contributed by atoms with Crippen molar-refractivity contribution in [2.45, 2.75) is 6.92 Å². The summed E-state index contributed by atoms with van der Waals surface area (Å²) in [4.78, 5) is 16.9. The lowest BCUT2D eigenvalue weighted by Gasteiger charge is -2.36. The van der Waals surface area contributed by atoms with E-state index >= 15 is 0 Å². The number of hydrogen-bond donors (Lipinski definition) is 0. The highest BCUT2D eigenvalue weighted by molar-refractivity contribution is 9.10. The Bertz CT molecular complexity index is 962. The van der Waals surface area contributed by atoms with Gasteiger partial charge in [0.05, 0.1) is 18.2 Å². The van der Waals surface area contributed by atoms with Gasteiger partial charge in [-0.25, -0.2) is 0 Å². The summed E-state index contributed by atoms with van der Waals surface area (Å²) < 4.78 is 11.7. The van der Waals surface area contributed by atoms with E-state index in [2.05, 4.69) is 39.0 Å².